The quantitative estimate of drug-likeness (QED) is 0.612. The summed E-state index contributed by atoms with van der Waals surface area (Å²) in [6.45, 7) is 13.8. The smallest absolute Gasteiger partial charge is 0.410 e. The van der Waals surface area contributed by atoms with Gasteiger partial charge in [-0.3, -0.25) is 4.79 Å². The summed E-state index contributed by atoms with van der Waals surface area (Å²) in [5, 5.41) is 0. The lowest BCUT2D eigenvalue weighted by molar-refractivity contribution is 0.0124. The molecule has 1 aliphatic heterocycles. The molecule has 2 amide bonds. The number of sulfonamides is 1. The fourth-order valence-corrected chi connectivity index (χ4v) is 5.15. The molecular formula is C24H38FN3O5S. The third-order valence-electron chi connectivity index (χ3n) is 5.38. The van der Waals surface area contributed by atoms with Crippen molar-refractivity contribution >= 4 is 22.0 Å². The molecule has 1 saturated heterocycles. The van der Waals surface area contributed by atoms with Crippen LogP contribution in [0.15, 0.2) is 23.1 Å². The molecule has 1 aromatic carbocycles. The van der Waals surface area contributed by atoms with Crippen molar-refractivity contribution in [3.05, 3.63) is 29.6 Å². The summed E-state index contributed by atoms with van der Waals surface area (Å²) >= 11 is 0. The predicted molar refractivity (Wildman–Crippen MR) is 129 cm³/mol. The topological polar surface area (TPSA) is 96.0 Å². The molecule has 1 N–H and O–H groups in total. The van der Waals surface area contributed by atoms with Crippen molar-refractivity contribution in [1.29, 1.82) is 0 Å². The highest BCUT2D eigenvalue weighted by Crippen LogP contribution is 2.24. The van der Waals surface area contributed by atoms with Gasteiger partial charge in [0.15, 0.2) is 0 Å². The lowest BCUT2D eigenvalue weighted by Gasteiger charge is -2.37. The minimum absolute atomic E-state index is 0.00907. The van der Waals surface area contributed by atoms with Crippen LogP contribution in [0.25, 0.3) is 0 Å². The summed E-state index contributed by atoms with van der Waals surface area (Å²) in [4.78, 5) is 28.9. The van der Waals surface area contributed by atoms with E-state index in [1.165, 1.54) is 4.90 Å². The van der Waals surface area contributed by atoms with Crippen LogP contribution >= 0.6 is 0 Å². The summed E-state index contributed by atoms with van der Waals surface area (Å²) in [6, 6.07) is 2.82. The number of likely N-dealkylation sites (tertiary alicyclic amines) is 1. The summed E-state index contributed by atoms with van der Waals surface area (Å²) in [5.74, 6) is -1.34. The number of carbonyl (C=O) groups excluding carboxylic acids is 2. The van der Waals surface area contributed by atoms with Crippen molar-refractivity contribution in [2.24, 2.45) is 5.92 Å². The summed E-state index contributed by atoms with van der Waals surface area (Å²) in [6.07, 6.45) is 1.10. The summed E-state index contributed by atoms with van der Waals surface area (Å²) < 4.78 is 47.5. The Labute approximate surface area is 202 Å². The van der Waals surface area contributed by atoms with Crippen LogP contribution in [0.5, 0.6) is 0 Å². The third-order valence-corrected chi connectivity index (χ3v) is 7.04. The normalized spacial score (nSPS) is 17.2. The molecule has 0 bridgehead atoms. The van der Waals surface area contributed by atoms with Crippen LogP contribution in [-0.2, 0) is 14.8 Å². The number of nitrogens with zero attached hydrogens (tertiary/aromatic N) is 2. The van der Waals surface area contributed by atoms with E-state index in [4.69, 9.17) is 4.74 Å². The van der Waals surface area contributed by atoms with Crippen LogP contribution in [0.2, 0.25) is 0 Å². The van der Waals surface area contributed by atoms with E-state index in [1.807, 2.05) is 34.6 Å². The molecule has 0 saturated carbocycles. The van der Waals surface area contributed by atoms with Crippen LogP contribution in [0, 0.1) is 11.7 Å². The van der Waals surface area contributed by atoms with Gasteiger partial charge in [0, 0.05) is 31.7 Å². The number of benzene rings is 1. The molecule has 8 nitrogen and oxygen atoms in total. The Bertz CT molecular complexity index is 989. The molecule has 34 heavy (non-hydrogen) atoms. The Morgan fingerprint density at radius 3 is 2.44 bits per heavy atom. The summed E-state index contributed by atoms with van der Waals surface area (Å²) in [5.41, 5.74) is -0.897. The molecule has 1 fully saturated rings. The van der Waals surface area contributed by atoms with Gasteiger partial charge in [-0.25, -0.2) is 22.3 Å². The molecule has 0 aliphatic carbocycles. The molecule has 10 heteroatoms. The molecule has 0 spiro atoms. The summed E-state index contributed by atoms with van der Waals surface area (Å²) in [7, 11) is -3.87. The van der Waals surface area contributed by atoms with Crippen molar-refractivity contribution < 1.29 is 27.1 Å². The Kier molecular flexibility index (Phi) is 9.10. The second kappa shape index (κ2) is 11.0. The molecule has 0 aromatic heterocycles. The lowest BCUT2D eigenvalue weighted by Crippen LogP contribution is -2.48. The minimum Gasteiger partial charge on any atom is -0.444 e. The average molecular weight is 500 g/mol. The number of hydrogen-bond acceptors (Lipinski definition) is 5. The van der Waals surface area contributed by atoms with E-state index in [0.29, 0.717) is 26.1 Å². The van der Waals surface area contributed by atoms with Crippen LogP contribution in [0.1, 0.15) is 71.7 Å². The monoisotopic (exact) mass is 499 g/mol. The maximum Gasteiger partial charge on any atom is 0.410 e. The Hall–Kier alpha value is -2.20. The molecule has 192 valence electrons. The highest BCUT2D eigenvalue weighted by Gasteiger charge is 2.31. The van der Waals surface area contributed by atoms with Crippen molar-refractivity contribution in [3.8, 4) is 0 Å². The third kappa shape index (κ3) is 7.66. The van der Waals surface area contributed by atoms with Crippen LogP contribution in [-0.4, -0.2) is 67.5 Å². The molecule has 1 heterocycles. The van der Waals surface area contributed by atoms with E-state index < -0.39 is 33.4 Å². The van der Waals surface area contributed by atoms with Gasteiger partial charge in [-0.1, -0.05) is 0 Å². The van der Waals surface area contributed by atoms with Crippen molar-refractivity contribution in [2.75, 3.05) is 19.6 Å². The number of amides is 2. The van der Waals surface area contributed by atoms with Gasteiger partial charge < -0.3 is 14.5 Å². The fourth-order valence-electron chi connectivity index (χ4n) is 3.88. The van der Waals surface area contributed by atoms with Gasteiger partial charge in [-0.05, 0) is 85.4 Å². The molecule has 0 radical (unpaired) electrons. The second-order valence-corrected chi connectivity index (χ2v) is 12.1. The van der Waals surface area contributed by atoms with Crippen LogP contribution < -0.4 is 4.72 Å². The van der Waals surface area contributed by atoms with E-state index in [0.717, 1.165) is 24.6 Å². The molecule has 1 aliphatic rings. The number of carbonyl (C=O) groups is 2. The molecular weight excluding hydrogens is 461 g/mol. The maximum absolute atomic E-state index is 14.6. The lowest BCUT2D eigenvalue weighted by atomic mass is 9.96. The first kappa shape index (κ1) is 28.0. The number of nitrogens with one attached hydrogen (secondary N) is 1. The maximum atomic E-state index is 14.6. The zero-order valence-electron chi connectivity index (χ0n) is 21.2. The van der Waals surface area contributed by atoms with Gasteiger partial charge in [0.2, 0.25) is 10.0 Å². The second-order valence-electron chi connectivity index (χ2n) is 10.4. The van der Waals surface area contributed by atoms with Gasteiger partial charge in [-0.15, -0.1) is 0 Å². The van der Waals surface area contributed by atoms with E-state index in [2.05, 4.69) is 4.72 Å². The van der Waals surface area contributed by atoms with Gasteiger partial charge in [0.05, 0.1) is 10.5 Å². The van der Waals surface area contributed by atoms with E-state index in [1.54, 1.807) is 18.7 Å². The van der Waals surface area contributed by atoms with E-state index >= 15 is 0 Å². The molecule has 1 aromatic rings. The standard InChI is InChI=1S/C24H38FN3O5S/c1-16(2)26-34(31,32)19-10-11-21(25)20(13-19)22(29)27-12-8-9-18(14-27)15-28(17(3)4)23(30)33-24(5,6)7/h10-11,13,16-18,26H,8-9,12,14-15H2,1-7H3. The zero-order chi connectivity index (χ0) is 25.8. The highest BCUT2D eigenvalue weighted by molar-refractivity contribution is 7.89. The van der Waals surface area contributed by atoms with Gasteiger partial charge >= 0.3 is 6.09 Å². The van der Waals surface area contributed by atoms with Gasteiger partial charge in [0.1, 0.15) is 11.4 Å². The minimum atomic E-state index is -3.87. The van der Waals surface area contributed by atoms with E-state index in [9.17, 15) is 22.4 Å². The molecule has 1 atom stereocenters. The Morgan fingerprint density at radius 2 is 1.88 bits per heavy atom. The average Bonchev–Trinajstić information content (AvgIpc) is 2.69. The fraction of sp³-hybridized carbons (Fsp3) is 0.667. The van der Waals surface area contributed by atoms with Crippen molar-refractivity contribution in [1.82, 2.24) is 14.5 Å². The Morgan fingerprint density at radius 1 is 1.24 bits per heavy atom. The van der Waals surface area contributed by atoms with Crippen molar-refractivity contribution in [3.63, 3.8) is 0 Å². The SMILES string of the molecule is CC(C)NS(=O)(=O)c1ccc(F)c(C(=O)N2CCCC(CN(C(=O)OC(C)(C)C)C(C)C)C2)c1. The molecule has 1 unspecified atom stereocenters. The van der Waals surface area contributed by atoms with E-state index in [-0.39, 0.29) is 28.5 Å². The zero-order valence-corrected chi connectivity index (χ0v) is 22.0. The van der Waals surface area contributed by atoms with Crippen LogP contribution in [0.4, 0.5) is 9.18 Å². The number of halogens is 1. The van der Waals surface area contributed by atoms with Crippen molar-refractivity contribution in [2.45, 2.75) is 83.9 Å². The number of piperidine rings is 1. The largest absolute Gasteiger partial charge is 0.444 e. The van der Waals surface area contributed by atoms with Gasteiger partial charge in [-0.2, -0.15) is 0 Å². The number of hydrogen-bond donors (Lipinski definition) is 1. The van der Waals surface area contributed by atoms with Gasteiger partial charge in [0.25, 0.3) is 5.91 Å². The molecule has 2 rings (SSSR count). The predicted octanol–water partition coefficient (Wildman–Crippen LogP) is 4.01. The Balaban J connectivity index is 2.19. The highest BCUT2D eigenvalue weighted by atomic mass is 32.2. The first-order valence-corrected chi connectivity index (χ1v) is 13.2. The number of rotatable bonds is 7. The first-order chi connectivity index (χ1) is 15.6. The number of ether oxygens (including phenoxy) is 1. The van der Waals surface area contributed by atoms with Crippen LogP contribution in [0.3, 0.4) is 0 Å². The first-order valence-electron chi connectivity index (χ1n) is 11.7.